The van der Waals surface area contributed by atoms with Crippen LogP contribution in [0.5, 0.6) is 5.75 Å². The minimum atomic E-state index is -0.201. The molecule has 0 aliphatic rings. The SMILES string of the molecule is Cc1cccc(-c2nc(CC(=O)Nc3ccccc3O)cs2)c1. The van der Waals surface area contributed by atoms with Crippen molar-refractivity contribution < 1.29 is 9.90 Å². The number of aromatic nitrogens is 1. The maximum absolute atomic E-state index is 12.1. The van der Waals surface area contributed by atoms with E-state index in [1.807, 2.05) is 30.5 Å². The number of hydrogen-bond donors (Lipinski definition) is 2. The van der Waals surface area contributed by atoms with E-state index in [1.54, 1.807) is 18.2 Å². The molecular formula is C18H16N2O2S. The van der Waals surface area contributed by atoms with Crippen LogP contribution in [0, 0.1) is 6.92 Å². The molecule has 3 aromatic rings. The van der Waals surface area contributed by atoms with E-state index in [4.69, 9.17) is 0 Å². The van der Waals surface area contributed by atoms with E-state index >= 15 is 0 Å². The molecule has 0 aliphatic heterocycles. The molecular weight excluding hydrogens is 308 g/mol. The lowest BCUT2D eigenvalue weighted by Crippen LogP contribution is -2.14. The second-order valence-corrected chi connectivity index (χ2v) is 6.11. The number of aryl methyl sites for hydroxylation is 1. The Bertz CT molecular complexity index is 842. The highest BCUT2D eigenvalue weighted by atomic mass is 32.1. The number of nitrogens with zero attached hydrogens (tertiary/aromatic N) is 1. The summed E-state index contributed by atoms with van der Waals surface area (Å²) < 4.78 is 0. The van der Waals surface area contributed by atoms with E-state index < -0.39 is 0 Å². The average Bonchev–Trinajstić information content (AvgIpc) is 2.98. The van der Waals surface area contributed by atoms with Crippen LogP contribution >= 0.6 is 11.3 Å². The highest BCUT2D eigenvalue weighted by Gasteiger charge is 2.10. The number of para-hydroxylation sites is 2. The molecule has 2 aromatic carbocycles. The van der Waals surface area contributed by atoms with E-state index in [2.05, 4.69) is 16.4 Å². The number of hydrogen-bond acceptors (Lipinski definition) is 4. The fourth-order valence-electron chi connectivity index (χ4n) is 2.24. The maximum Gasteiger partial charge on any atom is 0.230 e. The molecule has 4 nitrogen and oxygen atoms in total. The van der Waals surface area contributed by atoms with Crippen LogP contribution < -0.4 is 5.32 Å². The summed E-state index contributed by atoms with van der Waals surface area (Å²) >= 11 is 1.52. The summed E-state index contributed by atoms with van der Waals surface area (Å²) in [5.74, 6) is -0.146. The summed E-state index contributed by atoms with van der Waals surface area (Å²) in [6, 6.07) is 14.8. The zero-order chi connectivity index (χ0) is 16.2. The van der Waals surface area contributed by atoms with Crippen LogP contribution in [-0.4, -0.2) is 16.0 Å². The average molecular weight is 324 g/mol. The van der Waals surface area contributed by atoms with E-state index in [1.165, 1.54) is 23.0 Å². The van der Waals surface area contributed by atoms with Gasteiger partial charge < -0.3 is 10.4 Å². The molecule has 0 unspecified atom stereocenters. The van der Waals surface area contributed by atoms with Gasteiger partial charge in [-0.05, 0) is 25.1 Å². The van der Waals surface area contributed by atoms with Crippen LogP contribution in [0.1, 0.15) is 11.3 Å². The number of phenolic OH excluding ortho intramolecular Hbond substituents is 1. The number of phenols is 1. The Labute approximate surface area is 138 Å². The lowest BCUT2D eigenvalue weighted by molar-refractivity contribution is -0.115. The molecule has 1 amide bonds. The second kappa shape index (κ2) is 6.62. The Morgan fingerprint density at radius 3 is 2.83 bits per heavy atom. The predicted octanol–water partition coefficient (Wildman–Crippen LogP) is 4.01. The number of amides is 1. The largest absolute Gasteiger partial charge is 0.506 e. The summed E-state index contributed by atoms with van der Waals surface area (Å²) in [4.78, 5) is 16.6. The molecule has 5 heteroatoms. The number of nitrogens with one attached hydrogen (secondary N) is 1. The first kappa shape index (κ1) is 15.2. The summed E-state index contributed by atoms with van der Waals surface area (Å²) in [5, 5.41) is 15.2. The molecule has 116 valence electrons. The molecule has 23 heavy (non-hydrogen) atoms. The van der Waals surface area contributed by atoms with Crippen LogP contribution in [0.2, 0.25) is 0 Å². The van der Waals surface area contributed by atoms with E-state index in [0.717, 1.165) is 16.3 Å². The van der Waals surface area contributed by atoms with Crippen molar-refractivity contribution >= 4 is 22.9 Å². The standard InChI is InChI=1S/C18H16N2O2S/c1-12-5-4-6-13(9-12)18-19-14(11-23-18)10-17(22)20-15-7-2-3-8-16(15)21/h2-9,11,21H,10H2,1H3,(H,20,22). The monoisotopic (exact) mass is 324 g/mol. The van der Waals surface area contributed by atoms with Gasteiger partial charge in [-0.15, -0.1) is 11.3 Å². The van der Waals surface area contributed by atoms with Gasteiger partial charge in [0.05, 0.1) is 17.8 Å². The van der Waals surface area contributed by atoms with Crippen molar-refractivity contribution in [1.82, 2.24) is 4.98 Å². The number of rotatable bonds is 4. The zero-order valence-electron chi connectivity index (χ0n) is 12.6. The van der Waals surface area contributed by atoms with Crippen molar-refractivity contribution in [2.75, 3.05) is 5.32 Å². The molecule has 0 fully saturated rings. The van der Waals surface area contributed by atoms with Gasteiger partial charge in [-0.2, -0.15) is 0 Å². The quantitative estimate of drug-likeness (QED) is 0.713. The summed E-state index contributed by atoms with van der Waals surface area (Å²) in [6.45, 7) is 2.04. The lowest BCUT2D eigenvalue weighted by atomic mass is 10.1. The van der Waals surface area contributed by atoms with E-state index in [9.17, 15) is 9.90 Å². The van der Waals surface area contributed by atoms with Crippen molar-refractivity contribution in [3.63, 3.8) is 0 Å². The summed E-state index contributed by atoms with van der Waals surface area (Å²) in [6.07, 6.45) is 0.177. The Morgan fingerprint density at radius 1 is 1.22 bits per heavy atom. The van der Waals surface area contributed by atoms with Crippen molar-refractivity contribution in [1.29, 1.82) is 0 Å². The summed E-state index contributed by atoms with van der Waals surface area (Å²) in [5.41, 5.74) is 3.37. The fourth-order valence-corrected chi connectivity index (χ4v) is 3.05. The van der Waals surface area contributed by atoms with Crippen LogP contribution in [0.4, 0.5) is 5.69 Å². The molecule has 3 rings (SSSR count). The van der Waals surface area contributed by atoms with Gasteiger partial charge in [-0.3, -0.25) is 4.79 Å². The van der Waals surface area contributed by atoms with Crippen molar-refractivity contribution in [2.24, 2.45) is 0 Å². The van der Waals surface area contributed by atoms with Gasteiger partial charge in [-0.1, -0.05) is 35.9 Å². The zero-order valence-corrected chi connectivity index (χ0v) is 13.4. The normalized spacial score (nSPS) is 10.5. The molecule has 2 N–H and O–H groups in total. The molecule has 0 saturated heterocycles. The van der Waals surface area contributed by atoms with Crippen molar-refractivity contribution in [3.8, 4) is 16.3 Å². The second-order valence-electron chi connectivity index (χ2n) is 5.26. The molecule has 0 radical (unpaired) electrons. The Hall–Kier alpha value is -2.66. The Morgan fingerprint density at radius 2 is 2.04 bits per heavy atom. The first-order valence-electron chi connectivity index (χ1n) is 7.21. The Kier molecular flexibility index (Phi) is 4.39. The molecule has 0 bridgehead atoms. The smallest absolute Gasteiger partial charge is 0.230 e. The number of anilines is 1. The topological polar surface area (TPSA) is 62.2 Å². The summed E-state index contributed by atoms with van der Waals surface area (Å²) in [7, 11) is 0. The fraction of sp³-hybridized carbons (Fsp3) is 0.111. The van der Waals surface area contributed by atoms with Crippen molar-refractivity contribution in [2.45, 2.75) is 13.3 Å². The van der Waals surface area contributed by atoms with Gasteiger partial charge in [0, 0.05) is 10.9 Å². The van der Waals surface area contributed by atoms with Crippen molar-refractivity contribution in [3.05, 3.63) is 65.2 Å². The highest BCUT2D eigenvalue weighted by molar-refractivity contribution is 7.13. The number of carbonyl (C=O) groups is 1. The maximum atomic E-state index is 12.1. The third kappa shape index (κ3) is 3.76. The number of benzene rings is 2. The minimum Gasteiger partial charge on any atom is -0.506 e. The molecule has 0 aliphatic carbocycles. The number of aromatic hydroxyl groups is 1. The van der Waals surface area contributed by atoms with Crippen LogP contribution in [0.25, 0.3) is 10.6 Å². The first-order chi connectivity index (χ1) is 11.1. The predicted molar refractivity (Wildman–Crippen MR) is 92.7 cm³/mol. The van der Waals surface area contributed by atoms with Gasteiger partial charge in [0.15, 0.2) is 0 Å². The third-order valence-corrected chi connectivity index (χ3v) is 4.28. The van der Waals surface area contributed by atoms with E-state index in [0.29, 0.717) is 5.69 Å². The van der Waals surface area contributed by atoms with Crippen LogP contribution in [0.3, 0.4) is 0 Å². The third-order valence-electron chi connectivity index (χ3n) is 3.34. The molecule has 0 atom stereocenters. The van der Waals surface area contributed by atoms with Gasteiger partial charge in [-0.25, -0.2) is 4.98 Å². The van der Waals surface area contributed by atoms with Gasteiger partial charge >= 0.3 is 0 Å². The minimum absolute atomic E-state index is 0.0552. The molecule has 0 saturated carbocycles. The molecule has 1 heterocycles. The Balaban J connectivity index is 1.69. The van der Waals surface area contributed by atoms with Gasteiger partial charge in [0.25, 0.3) is 0 Å². The van der Waals surface area contributed by atoms with Crippen LogP contribution in [-0.2, 0) is 11.2 Å². The number of thiazole rings is 1. The first-order valence-corrected chi connectivity index (χ1v) is 8.09. The number of carbonyl (C=O) groups excluding carboxylic acids is 1. The van der Waals surface area contributed by atoms with Gasteiger partial charge in [0.1, 0.15) is 10.8 Å². The lowest BCUT2D eigenvalue weighted by Gasteiger charge is -2.05. The molecule has 1 aromatic heterocycles. The van der Waals surface area contributed by atoms with Crippen LogP contribution in [0.15, 0.2) is 53.9 Å². The van der Waals surface area contributed by atoms with Gasteiger partial charge in [0.2, 0.25) is 5.91 Å². The van der Waals surface area contributed by atoms with E-state index in [-0.39, 0.29) is 18.1 Å². The highest BCUT2D eigenvalue weighted by Crippen LogP contribution is 2.25. The molecule has 0 spiro atoms.